The molecule has 1 saturated heterocycles. The predicted octanol–water partition coefficient (Wildman–Crippen LogP) is 5.00. The van der Waals surface area contributed by atoms with Gasteiger partial charge in [0.1, 0.15) is 12.4 Å². The number of hydrogen-bond acceptors (Lipinski definition) is 6. The minimum atomic E-state index is -0.230. The van der Waals surface area contributed by atoms with E-state index in [-0.39, 0.29) is 12.0 Å². The first kappa shape index (κ1) is 21.6. The molecule has 0 spiro atoms. The number of aromatic nitrogens is 1. The van der Waals surface area contributed by atoms with Crippen molar-refractivity contribution in [2.45, 2.75) is 25.9 Å². The molecule has 3 aromatic rings. The standard InChI is InChI=1S/C25H26N2O5/c1-17-5-11-22(23(14-17)29-2)32-24-12-8-19(15-26-24)27-25(28)18-6-9-20(10-7-18)31-16-21-4-3-13-30-21/h5-12,14-15,21H,3-4,13,16H2,1-2H3,(H,27,28). The average molecular weight is 434 g/mol. The summed E-state index contributed by atoms with van der Waals surface area (Å²) < 4.78 is 22.4. The first-order chi connectivity index (χ1) is 15.6. The lowest BCUT2D eigenvalue weighted by Crippen LogP contribution is -2.16. The highest BCUT2D eigenvalue weighted by atomic mass is 16.5. The van der Waals surface area contributed by atoms with Gasteiger partial charge in [-0.15, -0.1) is 0 Å². The molecule has 32 heavy (non-hydrogen) atoms. The first-order valence-corrected chi connectivity index (χ1v) is 10.5. The second kappa shape index (κ2) is 10.2. The molecule has 2 aromatic carbocycles. The summed E-state index contributed by atoms with van der Waals surface area (Å²) in [5.74, 6) is 2.09. The van der Waals surface area contributed by atoms with Crippen LogP contribution in [-0.4, -0.2) is 37.3 Å². The number of ether oxygens (including phenoxy) is 4. The van der Waals surface area contributed by atoms with Gasteiger partial charge in [0.05, 0.1) is 25.1 Å². The van der Waals surface area contributed by atoms with Crippen LogP contribution in [0.1, 0.15) is 28.8 Å². The molecule has 0 aliphatic carbocycles. The van der Waals surface area contributed by atoms with Crippen molar-refractivity contribution in [2.75, 3.05) is 25.6 Å². The lowest BCUT2D eigenvalue weighted by atomic mass is 10.2. The van der Waals surface area contributed by atoms with Gasteiger partial charge in [-0.1, -0.05) is 6.07 Å². The summed E-state index contributed by atoms with van der Waals surface area (Å²) in [5, 5.41) is 2.83. The molecule has 1 N–H and O–H groups in total. The van der Waals surface area contributed by atoms with Crippen LogP contribution in [0, 0.1) is 6.92 Å². The van der Waals surface area contributed by atoms with Crippen molar-refractivity contribution in [3.05, 3.63) is 71.9 Å². The van der Waals surface area contributed by atoms with E-state index in [0.717, 1.165) is 25.0 Å². The number of anilines is 1. The van der Waals surface area contributed by atoms with Gasteiger partial charge >= 0.3 is 0 Å². The predicted molar refractivity (Wildman–Crippen MR) is 121 cm³/mol. The van der Waals surface area contributed by atoms with Crippen LogP contribution < -0.4 is 19.5 Å². The Balaban J connectivity index is 1.32. The summed E-state index contributed by atoms with van der Waals surface area (Å²) in [6, 6.07) is 16.1. The molecule has 1 aliphatic heterocycles. The van der Waals surface area contributed by atoms with E-state index >= 15 is 0 Å². The zero-order valence-electron chi connectivity index (χ0n) is 18.2. The fraction of sp³-hybridized carbons (Fsp3) is 0.280. The van der Waals surface area contributed by atoms with Gasteiger partial charge in [0.2, 0.25) is 5.88 Å². The number of hydrogen-bond donors (Lipinski definition) is 1. The highest BCUT2D eigenvalue weighted by Crippen LogP contribution is 2.31. The molecule has 1 unspecified atom stereocenters. The number of amides is 1. The van der Waals surface area contributed by atoms with Crippen molar-refractivity contribution < 1.29 is 23.7 Å². The van der Waals surface area contributed by atoms with Crippen LogP contribution in [0.2, 0.25) is 0 Å². The van der Waals surface area contributed by atoms with E-state index in [4.69, 9.17) is 18.9 Å². The maximum absolute atomic E-state index is 12.5. The quantitative estimate of drug-likeness (QED) is 0.537. The Hall–Kier alpha value is -3.58. The number of benzene rings is 2. The van der Waals surface area contributed by atoms with Crippen LogP contribution in [0.25, 0.3) is 0 Å². The van der Waals surface area contributed by atoms with Gasteiger partial charge in [-0.2, -0.15) is 0 Å². The Kier molecular flexibility index (Phi) is 6.87. The fourth-order valence-corrected chi connectivity index (χ4v) is 3.36. The molecule has 7 heteroatoms. The summed E-state index contributed by atoms with van der Waals surface area (Å²) in [6.07, 6.45) is 3.81. The number of aryl methyl sites for hydroxylation is 1. The van der Waals surface area contributed by atoms with Gasteiger partial charge in [-0.05, 0) is 67.8 Å². The number of pyridine rings is 1. The molecule has 1 atom stereocenters. The molecule has 1 amide bonds. The molecule has 0 bridgehead atoms. The second-order valence-corrected chi connectivity index (χ2v) is 7.57. The zero-order chi connectivity index (χ0) is 22.3. The van der Waals surface area contributed by atoms with Crippen LogP contribution in [0.3, 0.4) is 0 Å². The number of carbonyl (C=O) groups excluding carboxylic acids is 1. The van der Waals surface area contributed by atoms with Gasteiger partial charge in [-0.25, -0.2) is 4.98 Å². The second-order valence-electron chi connectivity index (χ2n) is 7.57. The lowest BCUT2D eigenvalue weighted by molar-refractivity contribution is 0.0679. The Morgan fingerprint density at radius 1 is 1.12 bits per heavy atom. The van der Waals surface area contributed by atoms with Crippen LogP contribution in [0.15, 0.2) is 60.8 Å². The average Bonchev–Trinajstić information content (AvgIpc) is 3.34. The molecular formula is C25H26N2O5. The van der Waals surface area contributed by atoms with Crippen LogP contribution in [-0.2, 0) is 4.74 Å². The number of rotatable bonds is 8. The van der Waals surface area contributed by atoms with Gasteiger partial charge in [0.25, 0.3) is 5.91 Å². The Morgan fingerprint density at radius 2 is 1.97 bits per heavy atom. The molecule has 1 aliphatic rings. The summed E-state index contributed by atoms with van der Waals surface area (Å²) in [7, 11) is 1.59. The number of nitrogens with zero attached hydrogens (tertiary/aromatic N) is 1. The van der Waals surface area contributed by atoms with Crippen molar-refractivity contribution in [2.24, 2.45) is 0 Å². The van der Waals surface area contributed by atoms with Crippen molar-refractivity contribution in [3.8, 4) is 23.1 Å². The summed E-state index contributed by atoms with van der Waals surface area (Å²) in [4.78, 5) is 16.8. The van der Waals surface area contributed by atoms with Crippen molar-refractivity contribution in [1.82, 2.24) is 4.98 Å². The van der Waals surface area contributed by atoms with E-state index < -0.39 is 0 Å². The van der Waals surface area contributed by atoms with E-state index in [1.807, 2.05) is 25.1 Å². The molecule has 1 aromatic heterocycles. The van der Waals surface area contributed by atoms with Crippen LogP contribution in [0.4, 0.5) is 5.69 Å². The van der Waals surface area contributed by atoms with Crippen LogP contribution >= 0.6 is 0 Å². The number of nitrogens with one attached hydrogen (secondary N) is 1. The van der Waals surface area contributed by atoms with Crippen LogP contribution in [0.5, 0.6) is 23.1 Å². The third kappa shape index (κ3) is 5.56. The smallest absolute Gasteiger partial charge is 0.255 e. The summed E-state index contributed by atoms with van der Waals surface area (Å²) in [5.41, 5.74) is 2.17. The van der Waals surface area contributed by atoms with Crippen molar-refractivity contribution >= 4 is 11.6 Å². The van der Waals surface area contributed by atoms with Crippen molar-refractivity contribution in [1.29, 1.82) is 0 Å². The third-order valence-corrected chi connectivity index (χ3v) is 5.10. The molecule has 0 saturated carbocycles. The molecule has 1 fully saturated rings. The lowest BCUT2D eigenvalue weighted by Gasteiger charge is -2.12. The number of carbonyl (C=O) groups is 1. The third-order valence-electron chi connectivity index (χ3n) is 5.10. The SMILES string of the molecule is COc1cc(C)ccc1Oc1ccc(NC(=O)c2ccc(OCC3CCCO3)cc2)cn1. The summed E-state index contributed by atoms with van der Waals surface area (Å²) in [6.45, 7) is 3.31. The highest BCUT2D eigenvalue weighted by molar-refractivity contribution is 6.04. The van der Waals surface area contributed by atoms with E-state index in [1.165, 1.54) is 0 Å². The minimum Gasteiger partial charge on any atom is -0.493 e. The normalized spacial score (nSPS) is 15.2. The summed E-state index contributed by atoms with van der Waals surface area (Å²) >= 11 is 0. The van der Waals surface area contributed by atoms with Crippen molar-refractivity contribution in [3.63, 3.8) is 0 Å². The van der Waals surface area contributed by atoms with Gasteiger partial charge in [0, 0.05) is 18.2 Å². The van der Waals surface area contributed by atoms with E-state index in [0.29, 0.717) is 41.0 Å². The topological polar surface area (TPSA) is 78.9 Å². The van der Waals surface area contributed by atoms with Gasteiger partial charge < -0.3 is 24.3 Å². The molecule has 7 nitrogen and oxygen atoms in total. The van der Waals surface area contributed by atoms with E-state index in [1.54, 1.807) is 49.7 Å². The molecule has 2 heterocycles. The molecular weight excluding hydrogens is 408 g/mol. The Morgan fingerprint density at radius 3 is 2.66 bits per heavy atom. The largest absolute Gasteiger partial charge is 0.493 e. The monoisotopic (exact) mass is 434 g/mol. The first-order valence-electron chi connectivity index (χ1n) is 10.5. The number of methoxy groups -OCH3 is 1. The molecule has 0 radical (unpaired) electrons. The Labute approximate surface area is 187 Å². The fourth-order valence-electron chi connectivity index (χ4n) is 3.36. The van der Waals surface area contributed by atoms with E-state index in [2.05, 4.69) is 10.3 Å². The van der Waals surface area contributed by atoms with Gasteiger partial charge in [0.15, 0.2) is 11.5 Å². The maximum Gasteiger partial charge on any atom is 0.255 e. The highest BCUT2D eigenvalue weighted by Gasteiger charge is 2.16. The Bertz CT molecular complexity index is 1040. The molecule has 166 valence electrons. The minimum absolute atomic E-state index is 0.157. The maximum atomic E-state index is 12.5. The molecule has 4 rings (SSSR count). The zero-order valence-corrected chi connectivity index (χ0v) is 18.2. The van der Waals surface area contributed by atoms with Gasteiger partial charge in [-0.3, -0.25) is 4.79 Å². The van der Waals surface area contributed by atoms with E-state index in [9.17, 15) is 4.79 Å².